The number of nitrogen functional groups attached to an aromatic ring is 1. The van der Waals surface area contributed by atoms with E-state index in [-0.39, 0.29) is 12.5 Å². The highest BCUT2D eigenvalue weighted by Gasteiger charge is 2.44. The highest BCUT2D eigenvalue weighted by molar-refractivity contribution is 7.98. The van der Waals surface area contributed by atoms with Crippen LogP contribution >= 0.6 is 11.8 Å². The van der Waals surface area contributed by atoms with E-state index in [4.69, 9.17) is 20.2 Å². The highest BCUT2D eigenvalue weighted by atomic mass is 32.2. The SMILES string of the molecule is COCCO[C@]1(C(=O)O)CC[C@H](c2nc3c(-c4cnn(-c5ccccc5)c4)cnn3c(N)c2SC)CC1. The van der Waals surface area contributed by atoms with E-state index in [1.165, 1.54) is 11.8 Å². The summed E-state index contributed by atoms with van der Waals surface area (Å²) < 4.78 is 14.3. The molecule has 3 N–H and O–H groups in total. The van der Waals surface area contributed by atoms with Gasteiger partial charge in [-0.05, 0) is 44.1 Å². The summed E-state index contributed by atoms with van der Waals surface area (Å²) in [5, 5.41) is 19.0. The Morgan fingerprint density at radius 2 is 1.95 bits per heavy atom. The van der Waals surface area contributed by atoms with Gasteiger partial charge in [0.1, 0.15) is 5.82 Å². The molecule has 194 valence electrons. The van der Waals surface area contributed by atoms with Crippen molar-refractivity contribution in [3.8, 4) is 16.8 Å². The van der Waals surface area contributed by atoms with Crippen molar-refractivity contribution in [2.45, 2.75) is 42.1 Å². The minimum Gasteiger partial charge on any atom is -0.479 e. The number of carboxylic acids is 1. The third kappa shape index (κ3) is 4.70. The Morgan fingerprint density at radius 1 is 1.19 bits per heavy atom. The third-order valence-electron chi connectivity index (χ3n) is 7.02. The summed E-state index contributed by atoms with van der Waals surface area (Å²) in [6.07, 6.45) is 9.53. The zero-order valence-corrected chi connectivity index (χ0v) is 21.6. The second kappa shape index (κ2) is 10.5. The zero-order chi connectivity index (χ0) is 26.0. The first-order chi connectivity index (χ1) is 18.0. The fraction of sp³-hybridized carbons (Fsp3) is 0.385. The predicted octanol–water partition coefficient (Wildman–Crippen LogP) is 4.03. The monoisotopic (exact) mass is 522 g/mol. The highest BCUT2D eigenvalue weighted by Crippen LogP contribution is 2.44. The second-order valence-corrected chi connectivity index (χ2v) is 9.95. The molecule has 37 heavy (non-hydrogen) atoms. The van der Waals surface area contributed by atoms with Gasteiger partial charge in [0.05, 0.1) is 41.9 Å². The molecule has 5 rings (SSSR count). The van der Waals surface area contributed by atoms with E-state index in [1.54, 1.807) is 24.0 Å². The quantitative estimate of drug-likeness (QED) is 0.247. The van der Waals surface area contributed by atoms with Gasteiger partial charge in [-0.1, -0.05) is 18.2 Å². The fourth-order valence-corrected chi connectivity index (χ4v) is 5.71. The molecule has 1 aliphatic rings. The molecule has 0 bridgehead atoms. The number of benzene rings is 1. The molecule has 0 atom stereocenters. The molecule has 0 radical (unpaired) electrons. The van der Waals surface area contributed by atoms with Gasteiger partial charge in [-0.3, -0.25) is 0 Å². The lowest BCUT2D eigenvalue weighted by molar-refractivity contribution is -0.173. The van der Waals surface area contributed by atoms with Crippen molar-refractivity contribution in [2.24, 2.45) is 0 Å². The number of anilines is 1. The van der Waals surface area contributed by atoms with Crippen molar-refractivity contribution in [1.29, 1.82) is 0 Å². The number of hydrogen-bond acceptors (Lipinski definition) is 8. The smallest absolute Gasteiger partial charge is 0.335 e. The molecule has 10 nitrogen and oxygen atoms in total. The number of methoxy groups -OCH3 is 1. The maximum Gasteiger partial charge on any atom is 0.335 e. The Balaban J connectivity index is 1.47. The molecule has 3 heterocycles. The van der Waals surface area contributed by atoms with Gasteiger partial charge in [-0.15, -0.1) is 11.8 Å². The first-order valence-corrected chi connectivity index (χ1v) is 13.4. The van der Waals surface area contributed by atoms with E-state index in [0.717, 1.165) is 27.4 Å². The van der Waals surface area contributed by atoms with Crippen LogP contribution in [0.4, 0.5) is 5.82 Å². The van der Waals surface area contributed by atoms with Crippen LogP contribution in [-0.4, -0.2) is 67.6 Å². The van der Waals surface area contributed by atoms with E-state index in [2.05, 4.69) is 10.2 Å². The summed E-state index contributed by atoms with van der Waals surface area (Å²) in [5.74, 6) is -0.341. The number of para-hydroxylation sites is 1. The molecule has 3 aromatic heterocycles. The van der Waals surface area contributed by atoms with Crippen LogP contribution in [0.1, 0.15) is 37.3 Å². The van der Waals surface area contributed by atoms with Gasteiger partial charge in [0.15, 0.2) is 11.2 Å². The Morgan fingerprint density at radius 3 is 2.62 bits per heavy atom. The molecule has 0 amide bonds. The van der Waals surface area contributed by atoms with E-state index in [1.807, 2.05) is 47.5 Å². The van der Waals surface area contributed by atoms with Crippen molar-refractivity contribution in [3.05, 3.63) is 54.6 Å². The lowest BCUT2D eigenvalue weighted by atomic mass is 9.77. The molecule has 0 unspecified atom stereocenters. The van der Waals surface area contributed by atoms with E-state index in [9.17, 15) is 9.90 Å². The van der Waals surface area contributed by atoms with Gasteiger partial charge in [-0.2, -0.15) is 14.7 Å². The minimum absolute atomic E-state index is 0.0584. The van der Waals surface area contributed by atoms with Crippen LogP contribution in [0.2, 0.25) is 0 Å². The number of nitrogens with zero attached hydrogens (tertiary/aromatic N) is 5. The molecule has 0 saturated heterocycles. The fourth-order valence-electron chi connectivity index (χ4n) is 4.99. The molecular formula is C26H30N6O4S. The molecule has 1 aliphatic carbocycles. The normalized spacial score (nSPS) is 19.9. The zero-order valence-electron chi connectivity index (χ0n) is 20.8. The Kier molecular flexibility index (Phi) is 7.18. The van der Waals surface area contributed by atoms with Crippen molar-refractivity contribution in [2.75, 3.05) is 32.3 Å². The largest absolute Gasteiger partial charge is 0.479 e. The number of aromatic nitrogens is 5. The second-order valence-electron chi connectivity index (χ2n) is 9.13. The number of nitrogens with two attached hydrogens (primary N) is 1. The maximum absolute atomic E-state index is 12.1. The lowest BCUT2D eigenvalue weighted by Crippen LogP contribution is -2.45. The number of fused-ring (bicyclic) bond motifs is 1. The van der Waals surface area contributed by atoms with Crippen LogP contribution in [-0.2, 0) is 14.3 Å². The summed E-state index contributed by atoms with van der Waals surface area (Å²) in [4.78, 5) is 18.1. The standard InChI is InChI=1S/C26H30N6O4S/c1-35-12-13-36-26(25(33)34)10-8-17(9-11-26)21-22(37-2)23(27)32-24(30-21)20(15-29-32)18-14-28-31(16-18)19-6-4-3-5-7-19/h3-7,14-17H,8-13,27H2,1-2H3,(H,33,34)/t17-,26+. The lowest BCUT2D eigenvalue weighted by Gasteiger charge is -2.37. The van der Waals surface area contributed by atoms with Gasteiger partial charge in [0.25, 0.3) is 0 Å². The molecule has 1 aromatic carbocycles. The Hall–Kier alpha value is -3.41. The van der Waals surface area contributed by atoms with Gasteiger partial charge in [-0.25, -0.2) is 14.5 Å². The third-order valence-corrected chi connectivity index (χ3v) is 7.84. The summed E-state index contributed by atoms with van der Waals surface area (Å²) in [7, 11) is 1.57. The Labute approximate surface area is 218 Å². The van der Waals surface area contributed by atoms with E-state index >= 15 is 0 Å². The molecule has 0 aliphatic heterocycles. The van der Waals surface area contributed by atoms with Crippen LogP contribution in [0.15, 0.2) is 53.8 Å². The molecular weight excluding hydrogens is 492 g/mol. The van der Waals surface area contributed by atoms with Crippen LogP contribution in [0.5, 0.6) is 0 Å². The van der Waals surface area contributed by atoms with Crippen molar-refractivity contribution in [1.82, 2.24) is 24.4 Å². The number of thioether (sulfide) groups is 1. The van der Waals surface area contributed by atoms with Gasteiger partial charge in [0, 0.05) is 30.4 Å². The van der Waals surface area contributed by atoms with Crippen LogP contribution in [0.3, 0.4) is 0 Å². The molecule has 1 fully saturated rings. The number of carboxylic acid groups (broad SMARTS) is 1. The number of aliphatic carboxylic acids is 1. The van der Waals surface area contributed by atoms with Gasteiger partial charge < -0.3 is 20.3 Å². The molecule has 4 aromatic rings. The van der Waals surface area contributed by atoms with Gasteiger partial charge >= 0.3 is 5.97 Å². The minimum atomic E-state index is -1.20. The summed E-state index contributed by atoms with van der Waals surface area (Å²) in [6, 6.07) is 9.89. The summed E-state index contributed by atoms with van der Waals surface area (Å²) in [5.41, 5.74) is 9.61. The summed E-state index contributed by atoms with van der Waals surface area (Å²) in [6.45, 7) is 0.602. The van der Waals surface area contributed by atoms with Crippen LogP contribution < -0.4 is 5.73 Å². The van der Waals surface area contributed by atoms with Crippen molar-refractivity contribution in [3.63, 3.8) is 0 Å². The number of ether oxygens (including phenoxy) is 2. The van der Waals surface area contributed by atoms with Crippen molar-refractivity contribution >= 4 is 29.2 Å². The maximum atomic E-state index is 12.1. The van der Waals surface area contributed by atoms with E-state index in [0.29, 0.717) is 43.8 Å². The average Bonchev–Trinajstić information content (AvgIpc) is 3.57. The molecule has 11 heteroatoms. The van der Waals surface area contributed by atoms with Crippen LogP contribution in [0, 0.1) is 0 Å². The average molecular weight is 523 g/mol. The van der Waals surface area contributed by atoms with Crippen LogP contribution in [0.25, 0.3) is 22.5 Å². The van der Waals surface area contributed by atoms with E-state index < -0.39 is 11.6 Å². The first-order valence-electron chi connectivity index (χ1n) is 12.2. The number of carbonyl (C=O) groups is 1. The topological polar surface area (TPSA) is 130 Å². The summed E-state index contributed by atoms with van der Waals surface area (Å²) >= 11 is 1.53. The van der Waals surface area contributed by atoms with Crippen molar-refractivity contribution < 1.29 is 19.4 Å². The molecule has 0 spiro atoms. The Bertz CT molecular complexity index is 1400. The number of hydrogen-bond donors (Lipinski definition) is 2. The first kappa shape index (κ1) is 25.2. The number of rotatable bonds is 9. The van der Waals surface area contributed by atoms with Gasteiger partial charge in [0.2, 0.25) is 0 Å². The molecule has 1 saturated carbocycles. The predicted molar refractivity (Wildman–Crippen MR) is 141 cm³/mol.